The van der Waals surface area contributed by atoms with Gasteiger partial charge in [-0.25, -0.2) is 0 Å². The fourth-order valence-electron chi connectivity index (χ4n) is 5.96. The molecule has 0 spiro atoms. The largest absolute Gasteiger partial charge is 0.332 e. The van der Waals surface area contributed by atoms with Crippen LogP contribution in [0.1, 0.15) is 48.9 Å². The predicted octanol–water partition coefficient (Wildman–Crippen LogP) is 4.38. The highest BCUT2D eigenvalue weighted by Crippen LogP contribution is 2.45. The van der Waals surface area contributed by atoms with E-state index in [-0.39, 0.29) is 5.91 Å². The first-order chi connectivity index (χ1) is 12.7. The number of carbonyl (C=O) groups excluding carboxylic acids is 1. The van der Waals surface area contributed by atoms with E-state index in [4.69, 9.17) is 11.6 Å². The second-order valence-corrected chi connectivity index (χ2v) is 8.95. The Hall–Kier alpha value is -1.32. The highest BCUT2D eigenvalue weighted by Gasteiger charge is 2.46. The van der Waals surface area contributed by atoms with Crippen LogP contribution in [0.3, 0.4) is 0 Å². The summed E-state index contributed by atoms with van der Waals surface area (Å²) in [6.45, 7) is 3.31. The van der Waals surface area contributed by atoms with Gasteiger partial charge in [-0.2, -0.15) is 0 Å². The average molecular weight is 371 g/mol. The van der Waals surface area contributed by atoms with Crippen LogP contribution in [0.15, 0.2) is 35.9 Å². The number of rotatable bonds is 1. The van der Waals surface area contributed by atoms with E-state index in [1.54, 1.807) is 5.57 Å². The van der Waals surface area contributed by atoms with Crippen LogP contribution >= 0.6 is 11.6 Å². The standard InChI is InChI=1S/C22H27ClN2O/c23-19-8-6-15(7-9-19)22(26)25-11-3-4-16-12-17-13-18(21(16)25)14-24-10-2-1-5-20(17)24/h6-9,12,17-18,20-21H,1-5,10-11,13-14H2/t17-,18+,20+,21+/m0/s1. The molecule has 26 heavy (non-hydrogen) atoms. The summed E-state index contributed by atoms with van der Waals surface area (Å²) in [6, 6.07) is 8.46. The zero-order chi connectivity index (χ0) is 17.7. The Morgan fingerprint density at radius 2 is 1.92 bits per heavy atom. The number of piperidine rings is 3. The Balaban J connectivity index is 1.45. The maximum absolute atomic E-state index is 13.3. The summed E-state index contributed by atoms with van der Waals surface area (Å²) in [5.74, 6) is 1.49. The topological polar surface area (TPSA) is 23.6 Å². The molecule has 0 unspecified atom stereocenters. The van der Waals surface area contributed by atoms with E-state index in [1.165, 1.54) is 45.2 Å². The molecule has 1 aromatic rings. The Morgan fingerprint density at radius 1 is 1.08 bits per heavy atom. The lowest BCUT2D eigenvalue weighted by Gasteiger charge is -2.54. The lowest BCUT2D eigenvalue weighted by atomic mass is 9.68. The molecule has 0 saturated carbocycles. The minimum atomic E-state index is 0.177. The molecule has 3 heterocycles. The van der Waals surface area contributed by atoms with Gasteiger partial charge in [0.2, 0.25) is 0 Å². The summed E-state index contributed by atoms with van der Waals surface area (Å²) in [4.78, 5) is 18.2. The van der Waals surface area contributed by atoms with E-state index in [0.717, 1.165) is 24.6 Å². The van der Waals surface area contributed by atoms with Crippen molar-refractivity contribution in [3.05, 3.63) is 46.5 Å². The van der Waals surface area contributed by atoms with Crippen molar-refractivity contribution in [3.63, 3.8) is 0 Å². The number of amides is 1. The Morgan fingerprint density at radius 3 is 2.77 bits per heavy atom. The number of hydrogen-bond acceptors (Lipinski definition) is 2. The van der Waals surface area contributed by atoms with Crippen molar-refractivity contribution in [2.24, 2.45) is 11.8 Å². The highest BCUT2D eigenvalue weighted by atomic mass is 35.5. The van der Waals surface area contributed by atoms with Gasteiger partial charge in [0.05, 0.1) is 6.04 Å². The predicted molar refractivity (Wildman–Crippen MR) is 104 cm³/mol. The molecule has 3 nitrogen and oxygen atoms in total. The van der Waals surface area contributed by atoms with Gasteiger partial charge >= 0.3 is 0 Å². The summed E-state index contributed by atoms with van der Waals surface area (Å²) < 4.78 is 0. The highest BCUT2D eigenvalue weighted by molar-refractivity contribution is 6.30. The Kier molecular flexibility index (Phi) is 4.33. The van der Waals surface area contributed by atoms with E-state index in [9.17, 15) is 4.79 Å². The van der Waals surface area contributed by atoms with Crippen molar-refractivity contribution in [1.82, 2.24) is 9.80 Å². The van der Waals surface area contributed by atoms with Gasteiger partial charge in [0.1, 0.15) is 0 Å². The molecule has 1 amide bonds. The van der Waals surface area contributed by atoms with Crippen molar-refractivity contribution >= 4 is 17.5 Å². The van der Waals surface area contributed by atoms with Crippen LogP contribution < -0.4 is 0 Å². The minimum absolute atomic E-state index is 0.177. The molecule has 2 bridgehead atoms. The average Bonchev–Trinajstić information content (AvgIpc) is 2.68. The number of nitrogens with zero attached hydrogens (tertiary/aromatic N) is 2. The van der Waals surface area contributed by atoms with Crippen molar-refractivity contribution in [3.8, 4) is 0 Å². The van der Waals surface area contributed by atoms with Crippen LogP contribution in [-0.4, -0.2) is 47.4 Å². The van der Waals surface area contributed by atoms with Crippen LogP contribution in [0.25, 0.3) is 0 Å². The van der Waals surface area contributed by atoms with E-state index < -0.39 is 0 Å². The van der Waals surface area contributed by atoms with Crippen LogP contribution in [0, 0.1) is 11.8 Å². The van der Waals surface area contributed by atoms with E-state index >= 15 is 0 Å². The quantitative estimate of drug-likeness (QED) is 0.685. The number of fused-ring (bicyclic) bond motifs is 6. The minimum Gasteiger partial charge on any atom is -0.332 e. The molecule has 3 fully saturated rings. The zero-order valence-corrected chi connectivity index (χ0v) is 16.0. The molecule has 5 rings (SSSR count). The fourth-order valence-corrected chi connectivity index (χ4v) is 6.09. The first-order valence-corrected chi connectivity index (χ1v) is 10.6. The fraction of sp³-hybridized carbons (Fsp3) is 0.591. The molecule has 4 heteroatoms. The number of carbonyl (C=O) groups is 1. The summed E-state index contributed by atoms with van der Waals surface area (Å²) >= 11 is 6.01. The molecule has 138 valence electrons. The molecule has 3 aliphatic heterocycles. The summed E-state index contributed by atoms with van der Waals surface area (Å²) in [5.41, 5.74) is 2.31. The second kappa shape index (κ2) is 6.69. The Bertz CT molecular complexity index is 728. The third-order valence-electron chi connectivity index (χ3n) is 7.01. The SMILES string of the molecule is O=C(c1ccc(Cl)cc1)N1CCCC2=C[C@H]3C[C@H](CN4CCCC[C@H]34)[C@@H]21. The van der Waals surface area contributed by atoms with Gasteiger partial charge in [-0.1, -0.05) is 29.7 Å². The molecule has 0 N–H and O–H groups in total. The van der Waals surface area contributed by atoms with Crippen molar-refractivity contribution in [1.29, 1.82) is 0 Å². The van der Waals surface area contributed by atoms with Gasteiger partial charge in [0.25, 0.3) is 5.91 Å². The molecule has 0 radical (unpaired) electrons. The molecule has 0 aromatic heterocycles. The summed E-state index contributed by atoms with van der Waals surface area (Å²) in [5, 5.41) is 0.685. The number of halogens is 1. The molecule has 4 atom stereocenters. The van der Waals surface area contributed by atoms with Crippen LogP contribution in [0.2, 0.25) is 5.02 Å². The molecule has 3 saturated heterocycles. The van der Waals surface area contributed by atoms with Gasteiger partial charge in [-0.3, -0.25) is 9.69 Å². The van der Waals surface area contributed by atoms with Crippen molar-refractivity contribution in [2.45, 2.75) is 50.6 Å². The number of hydrogen-bond donors (Lipinski definition) is 0. The van der Waals surface area contributed by atoms with Crippen LogP contribution in [0.5, 0.6) is 0 Å². The van der Waals surface area contributed by atoms with Crippen LogP contribution in [-0.2, 0) is 0 Å². The normalized spacial score (nSPS) is 33.9. The third-order valence-corrected chi connectivity index (χ3v) is 7.26. The smallest absolute Gasteiger partial charge is 0.254 e. The maximum atomic E-state index is 13.3. The van der Waals surface area contributed by atoms with Gasteiger partial charge in [-0.05, 0) is 74.8 Å². The maximum Gasteiger partial charge on any atom is 0.254 e. The number of benzene rings is 1. The van der Waals surface area contributed by atoms with Crippen molar-refractivity contribution < 1.29 is 4.79 Å². The number of likely N-dealkylation sites (tertiary alicyclic amines) is 1. The van der Waals surface area contributed by atoms with Gasteiger partial charge in [-0.15, -0.1) is 0 Å². The molecular formula is C22H27ClN2O. The van der Waals surface area contributed by atoms with E-state index in [2.05, 4.69) is 15.9 Å². The van der Waals surface area contributed by atoms with E-state index in [0.29, 0.717) is 22.9 Å². The summed E-state index contributed by atoms with van der Waals surface area (Å²) in [6.07, 6.45) is 10.2. The Labute approximate surface area is 161 Å². The third kappa shape index (κ3) is 2.80. The van der Waals surface area contributed by atoms with E-state index in [1.807, 2.05) is 24.3 Å². The van der Waals surface area contributed by atoms with Gasteiger partial charge < -0.3 is 4.90 Å². The molecule has 1 aliphatic carbocycles. The van der Waals surface area contributed by atoms with Gasteiger partial charge in [0.15, 0.2) is 0 Å². The van der Waals surface area contributed by atoms with Crippen molar-refractivity contribution in [2.75, 3.05) is 19.6 Å². The molecular weight excluding hydrogens is 344 g/mol. The first kappa shape index (κ1) is 16.8. The lowest BCUT2D eigenvalue weighted by molar-refractivity contribution is 0.00148. The van der Waals surface area contributed by atoms with Gasteiger partial charge in [0, 0.05) is 29.7 Å². The molecule has 4 aliphatic rings. The monoisotopic (exact) mass is 370 g/mol. The zero-order valence-electron chi connectivity index (χ0n) is 15.2. The van der Waals surface area contributed by atoms with Crippen LogP contribution in [0.4, 0.5) is 0 Å². The second-order valence-electron chi connectivity index (χ2n) is 8.51. The molecule has 1 aromatic carbocycles. The lowest BCUT2D eigenvalue weighted by Crippen LogP contribution is -2.60. The first-order valence-electron chi connectivity index (χ1n) is 10.2. The summed E-state index contributed by atoms with van der Waals surface area (Å²) in [7, 11) is 0.